The first-order valence-corrected chi connectivity index (χ1v) is 6.78. The van der Waals surface area contributed by atoms with Crippen LogP contribution in [-0.2, 0) is 6.42 Å². The third-order valence-corrected chi connectivity index (χ3v) is 3.64. The predicted octanol–water partition coefficient (Wildman–Crippen LogP) is 3.16. The van der Waals surface area contributed by atoms with Gasteiger partial charge in [-0.1, -0.05) is 29.3 Å². The van der Waals surface area contributed by atoms with Gasteiger partial charge in [0.15, 0.2) is 0 Å². The lowest BCUT2D eigenvalue weighted by Crippen LogP contribution is -2.16. The topological polar surface area (TPSA) is 54.7 Å². The van der Waals surface area contributed by atoms with Crippen LogP contribution >= 0.6 is 15.9 Å². The molecule has 0 saturated heterocycles. The largest absolute Gasteiger partial charge is 0.342 e. The normalized spacial score (nSPS) is 13.2. The second-order valence-corrected chi connectivity index (χ2v) is 5.43. The fourth-order valence-electron chi connectivity index (χ4n) is 2.06. The Labute approximate surface area is 110 Å². The van der Waals surface area contributed by atoms with E-state index in [1.54, 1.807) is 0 Å². The average Bonchev–Trinajstić information content (AvgIpc) is 2.68. The third kappa shape index (κ3) is 2.69. The fraction of sp³-hybridized carbons (Fsp3) is 0.462. The van der Waals surface area contributed by atoms with Crippen LogP contribution in [0.3, 0.4) is 0 Å². The summed E-state index contributed by atoms with van der Waals surface area (Å²) in [5, 5.41) is 0. The molecule has 0 aliphatic carbocycles. The Bertz CT molecular complexity index is 515. The van der Waals surface area contributed by atoms with Crippen molar-refractivity contribution in [3.05, 3.63) is 28.0 Å². The summed E-state index contributed by atoms with van der Waals surface area (Å²) in [6, 6.07) is 4.16. The highest BCUT2D eigenvalue weighted by atomic mass is 79.9. The van der Waals surface area contributed by atoms with E-state index in [2.05, 4.69) is 51.9 Å². The number of benzene rings is 1. The van der Waals surface area contributed by atoms with E-state index >= 15 is 0 Å². The third-order valence-electron chi connectivity index (χ3n) is 3.18. The number of fused-ring (bicyclic) bond motifs is 1. The number of H-pyrrole nitrogens is 1. The molecule has 3 N–H and O–H groups in total. The van der Waals surface area contributed by atoms with E-state index in [9.17, 15) is 0 Å². The minimum absolute atomic E-state index is 0.513. The lowest BCUT2D eigenvalue weighted by Gasteiger charge is -2.08. The molecule has 4 heteroatoms. The minimum atomic E-state index is 0.513. The molecule has 0 fully saturated rings. The fourth-order valence-corrected chi connectivity index (χ4v) is 2.63. The Balaban J connectivity index is 2.34. The summed E-state index contributed by atoms with van der Waals surface area (Å²) >= 11 is 3.50. The number of imidazole rings is 1. The second kappa shape index (κ2) is 5.19. The Kier molecular flexibility index (Phi) is 3.84. The number of hydrogen-bond donors (Lipinski definition) is 2. The van der Waals surface area contributed by atoms with Crippen molar-refractivity contribution in [2.24, 2.45) is 11.7 Å². The number of nitrogens with zero attached hydrogens (tertiary/aromatic N) is 1. The molecule has 3 nitrogen and oxygen atoms in total. The number of nitrogens with one attached hydrogen (secondary N) is 1. The van der Waals surface area contributed by atoms with E-state index in [-0.39, 0.29) is 0 Å². The molecule has 2 aromatic rings. The van der Waals surface area contributed by atoms with E-state index in [1.165, 1.54) is 5.56 Å². The Morgan fingerprint density at radius 1 is 1.47 bits per heavy atom. The van der Waals surface area contributed by atoms with Crippen LogP contribution in [0.2, 0.25) is 0 Å². The first kappa shape index (κ1) is 12.6. The van der Waals surface area contributed by atoms with Crippen molar-refractivity contribution in [2.75, 3.05) is 6.54 Å². The monoisotopic (exact) mass is 295 g/mol. The highest BCUT2D eigenvalue weighted by molar-refractivity contribution is 9.10. The molecular formula is C13H18BrN3. The second-order valence-electron chi connectivity index (χ2n) is 4.52. The van der Waals surface area contributed by atoms with Crippen molar-refractivity contribution in [2.45, 2.75) is 26.7 Å². The molecule has 1 heterocycles. The molecule has 1 atom stereocenters. The summed E-state index contributed by atoms with van der Waals surface area (Å²) < 4.78 is 1.09. The Hall–Kier alpha value is -0.870. The molecule has 0 aliphatic rings. The van der Waals surface area contributed by atoms with Gasteiger partial charge in [-0.05, 0) is 37.1 Å². The van der Waals surface area contributed by atoms with Gasteiger partial charge in [0.1, 0.15) is 5.82 Å². The first-order chi connectivity index (χ1) is 8.13. The summed E-state index contributed by atoms with van der Waals surface area (Å²) in [4.78, 5) is 8.04. The number of nitrogens with two attached hydrogens (primary N) is 1. The first-order valence-electron chi connectivity index (χ1n) is 5.98. The number of rotatable bonds is 4. The van der Waals surface area contributed by atoms with E-state index in [0.717, 1.165) is 40.7 Å². The van der Waals surface area contributed by atoms with E-state index in [4.69, 9.17) is 5.73 Å². The van der Waals surface area contributed by atoms with Gasteiger partial charge in [0, 0.05) is 10.9 Å². The number of hydrogen-bond acceptors (Lipinski definition) is 2. The minimum Gasteiger partial charge on any atom is -0.342 e. The molecule has 0 radical (unpaired) electrons. The molecule has 92 valence electrons. The number of aromatic nitrogens is 2. The van der Waals surface area contributed by atoms with Gasteiger partial charge in [0.25, 0.3) is 0 Å². The zero-order valence-corrected chi connectivity index (χ0v) is 11.8. The molecule has 0 saturated carbocycles. The van der Waals surface area contributed by atoms with Crippen LogP contribution in [0.1, 0.15) is 24.7 Å². The molecular weight excluding hydrogens is 278 g/mol. The number of aromatic amines is 1. The lowest BCUT2D eigenvalue weighted by atomic mass is 10.0. The SMILES string of the molecule is CCC(CN)Cc1nc2c(C)cc(Br)cc2[nH]1. The van der Waals surface area contributed by atoms with Gasteiger partial charge in [-0.3, -0.25) is 0 Å². The zero-order chi connectivity index (χ0) is 12.4. The molecule has 17 heavy (non-hydrogen) atoms. The summed E-state index contributed by atoms with van der Waals surface area (Å²) in [6.45, 7) is 4.97. The zero-order valence-electron chi connectivity index (χ0n) is 10.3. The van der Waals surface area contributed by atoms with Crippen molar-refractivity contribution in [1.29, 1.82) is 0 Å². The van der Waals surface area contributed by atoms with Gasteiger partial charge in [0.05, 0.1) is 11.0 Å². The van der Waals surface area contributed by atoms with Gasteiger partial charge >= 0.3 is 0 Å². The summed E-state index contributed by atoms with van der Waals surface area (Å²) in [5.74, 6) is 1.55. The van der Waals surface area contributed by atoms with Crippen molar-refractivity contribution >= 4 is 27.0 Å². The highest BCUT2D eigenvalue weighted by Crippen LogP contribution is 2.23. The van der Waals surface area contributed by atoms with E-state index in [1.807, 2.05) is 0 Å². The van der Waals surface area contributed by atoms with Gasteiger partial charge in [0.2, 0.25) is 0 Å². The summed E-state index contributed by atoms with van der Waals surface area (Å²) in [7, 11) is 0. The van der Waals surface area contributed by atoms with Crippen LogP contribution in [0.25, 0.3) is 11.0 Å². The highest BCUT2D eigenvalue weighted by Gasteiger charge is 2.10. The maximum absolute atomic E-state index is 5.73. The molecule has 0 bridgehead atoms. The van der Waals surface area contributed by atoms with Crippen LogP contribution < -0.4 is 5.73 Å². The van der Waals surface area contributed by atoms with Gasteiger partial charge < -0.3 is 10.7 Å². The maximum Gasteiger partial charge on any atom is 0.107 e. The quantitative estimate of drug-likeness (QED) is 0.910. The molecule has 0 aliphatic heterocycles. The molecule has 0 amide bonds. The van der Waals surface area contributed by atoms with Gasteiger partial charge in [-0.15, -0.1) is 0 Å². The van der Waals surface area contributed by atoms with Crippen LogP contribution in [-0.4, -0.2) is 16.5 Å². The van der Waals surface area contributed by atoms with E-state index in [0.29, 0.717) is 5.92 Å². The predicted molar refractivity (Wildman–Crippen MR) is 75.1 cm³/mol. The van der Waals surface area contributed by atoms with Crippen molar-refractivity contribution in [3.63, 3.8) is 0 Å². The lowest BCUT2D eigenvalue weighted by molar-refractivity contribution is 0.508. The van der Waals surface area contributed by atoms with Crippen molar-refractivity contribution in [3.8, 4) is 0 Å². The van der Waals surface area contributed by atoms with Crippen LogP contribution in [0.5, 0.6) is 0 Å². The molecule has 1 aromatic heterocycles. The maximum atomic E-state index is 5.73. The van der Waals surface area contributed by atoms with Crippen molar-refractivity contribution < 1.29 is 0 Å². The van der Waals surface area contributed by atoms with Gasteiger partial charge in [-0.2, -0.15) is 0 Å². The number of aryl methyl sites for hydroxylation is 1. The standard InChI is InChI=1S/C13H18BrN3/c1-3-9(7-15)5-12-16-11-6-10(14)4-8(2)13(11)17-12/h4,6,9H,3,5,7,15H2,1-2H3,(H,16,17). The van der Waals surface area contributed by atoms with Crippen molar-refractivity contribution in [1.82, 2.24) is 9.97 Å². The Morgan fingerprint density at radius 3 is 2.88 bits per heavy atom. The molecule has 0 spiro atoms. The molecule has 1 aromatic carbocycles. The molecule has 2 rings (SSSR count). The van der Waals surface area contributed by atoms with Gasteiger partial charge in [-0.25, -0.2) is 4.98 Å². The number of halogens is 1. The smallest absolute Gasteiger partial charge is 0.107 e. The summed E-state index contributed by atoms with van der Waals surface area (Å²) in [5.41, 5.74) is 9.08. The van der Waals surface area contributed by atoms with E-state index < -0.39 is 0 Å². The molecule has 1 unspecified atom stereocenters. The average molecular weight is 296 g/mol. The summed E-state index contributed by atoms with van der Waals surface area (Å²) in [6.07, 6.45) is 2.02. The van der Waals surface area contributed by atoms with Crippen LogP contribution in [0.4, 0.5) is 0 Å². The Morgan fingerprint density at radius 2 is 2.24 bits per heavy atom. The van der Waals surface area contributed by atoms with Crippen LogP contribution in [0, 0.1) is 12.8 Å². The van der Waals surface area contributed by atoms with Crippen LogP contribution in [0.15, 0.2) is 16.6 Å².